The number of aliphatic imine (C=N–C) groups is 1. The second-order valence-electron chi connectivity index (χ2n) is 6.72. The van der Waals surface area contributed by atoms with E-state index in [0.717, 1.165) is 54.4 Å². The van der Waals surface area contributed by atoms with Gasteiger partial charge >= 0.3 is 0 Å². The van der Waals surface area contributed by atoms with Gasteiger partial charge in [0.15, 0.2) is 5.96 Å². The number of benzene rings is 1. The van der Waals surface area contributed by atoms with Crippen molar-refractivity contribution in [3.63, 3.8) is 0 Å². The predicted octanol–water partition coefficient (Wildman–Crippen LogP) is 2.54. The smallest absolute Gasteiger partial charge is 0.191 e. The van der Waals surface area contributed by atoms with Gasteiger partial charge in [0.2, 0.25) is 0 Å². The number of nitrogens with one attached hydrogen (secondary N) is 2. The molecule has 1 aliphatic heterocycles. The SMILES string of the molecule is CCNC(=NCc1oc2ccc(F)cc2c1C)NC1CCc2ncnn2C1. The fraction of sp³-hybridized carbons (Fsp3) is 0.421. The van der Waals surface area contributed by atoms with E-state index in [-0.39, 0.29) is 11.9 Å². The Kier molecular flexibility index (Phi) is 4.79. The van der Waals surface area contributed by atoms with Gasteiger partial charge in [-0.25, -0.2) is 19.0 Å². The topological polar surface area (TPSA) is 80.3 Å². The van der Waals surface area contributed by atoms with Crippen LogP contribution in [0.15, 0.2) is 33.9 Å². The highest BCUT2D eigenvalue weighted by Gasteiger charge is 2.20. The average molecular weight is 370 g/mol. The molecular formula is C19H23FN6O. The number of halogens is 1. The zero-order valence-corrected chi connectivity index (χ0v) is 15.5. The molecule has 3 heterocycles. The molecular weight excluding hydrogens is 347 g/mol. The minimum absolute atomic E-state index is 0.239. The number of hydrogen-bond acceptors (Lipinski definition) is 4. The molecule has 4 rings (SSSR count). The minimum atomic E-state index is -0.263. The van der Waals surface area contributed by atoms with Gasteiger partial charge in [-0.05, 0) is 38.5 Å². The number of rotatable bonds is 4. The summed E-state index contributed by atoms with van der Waals surface area (Å²) in [5, 5.41) is 11.8. The Labute approximate surface area is 156 Å². The highest BCUT2D eigenvalue weighted by molar-refractivity contribution is 5.82. The van der Waals surface area contributed by atoms with Crippen LogP contribution in [0.1, 0.15) is 30.5 Å². The van der Waals surface area contributed by atoms with Crippen LogP contribution in [0.2, 0.25) is 0 Å². The summed E-state index contributed by atoms with van der Waals surface area (Å²) in [5.74, 6) is 2.24. The molecule has 0 saturated carbocycles. The van der Waals surface area contributed by atoms with Gasteiger partial charge in [-0.1, -0.05) is 0 Å². The van der Waals surface area contributed by atoms with E-state index in [2.05, 4.69) is 25.7 Å². The first kappa shape index (κ1) is 17.5. The van der Waals surface area contributed by atoms with Crippen LogP contribution in [0.4, 0.5) is 4.39 Å². The van der Waals surface area contributed by atoms with Crippen LogP contribution in [0.25, 0.3) is 11.0 Å². The predicted molar refractivity (Wildman–Crippen MR) is 101 cm³/mol. The fourth-order valence-electron chi connectivity index (χ4n) is 3.41. The lowest BCUT2D eigenvalue weighted by Gasteiger charge is -2.25. The van der Waals surface area contributed by atoms with Crippen molar-refractivity contribution >= 4 is 16.9 Å². The van der Waals surface area contributed by atoms with E-state index in [1.54, 1.807) is 12.4 Å². The van der Waals surface area contributed by atoms with Crippen molar-refractivity contribution in [2.75, 3.05) is 6.54 Å². The van der Waals surface area contributed by atoms with Gasteiger partial charge in [0.1, 0.15) is 35.9 Å². The highest BCUT2D eigenvalue weighted by atomic mass is 19.1. The molecule has 1 unspecified atom stereocenters. The summed E-state index contributed by atoms with van der Waals surface area (Å²) in [6, 6.07) is 4.81. The molecule has 0 saturated heterocycles. The Morgan fingerprint density at radius 1 is 1.44 bits per heavy atom. The van der Waals surface area contributed by atoms with E-state index in [1.807, 2.05) is 18.5 Å². The van der Waals surface area contributed by atoms with Crippen LogP contribution in [0.5, 0.6) is 0 Å². The van der Waals surface area contributed by atoms with Crippen LogP contribution in [0.3, 0.4) is 0 Å². The molecule has 142 valence electrons. The molecule has 7 nitrogen and oxygen atoms in total. The molecule has 0 fully saturated rings. The number of hydrogen-bond donors (Lipinski definition) is 2. The van der Waals surface area contributed by atoms with Crippen LogP contribution >= 0.6 is 0 Å². The van der Waals surface area contributed by atoms with Crippen molar-refractivity contribution in [2.24, 2.45) is 4.99 Å². The molecule has 1 atom stereocenters. The zero-order chi connectivity index (χ0) is 18.8. The molecule has 2 N–H and O–H groups in total. The van der Waals surface area contributed by atoms with Crippen molar-refractivity contribution in [1.29, 1.82) is 0 Å². The van der Waals surface area contributed by atoms with E-state index >= 15 is 0 Å². The summed E-state index contributed by atoms with van der Waals surface area (Å²) in [6.45, 7) is 5.88. The van der Waals surface area contributed by atoms with Gasteiger partial charge in [-0.15, -0.1) is 0 Å². The Hall–Kier alpha value is -2.90. The summed E-state index contributed by atoms with van der Waals surface area (Å²) in [6.07, 6.45) is 3.47. The van der Waals surface area contributed by atoms with Crippen molar-refractivity contribution in [3.05, 3.63) is 47.5 Å². The normalized spacial score (nSPS) is 17.1. The van der Waals surface area contributed by atoms with Gasteiger partial charge in [-0.3, -0.25) is 0 Å². The fourth-order valence-corrected chi connectivity index (χ4v) is 3.41. The largest absolute Gasteiger partial charge is 0.459 e. The first-order valence-corrected chi connectivity index (χ1v) is 9.23. The molecule has 0 radical (unpaired) electrons. The van der Waals surface area contributed by atoms with Crippen molar-refractivity contribution in [2.45, 2.75) is 45.8 Å². The van der Waals surface area contributed by atoms with Crippen LogP contribution in [-0.4, -0.2) is 33.3 Å². The monoisotopic (exact) mass is 370 g/mol. The zero-order valence-electron chi connectivity index (χ0n) is 15.5. The number of nitrogens with zero attached hydrogens (tertiary/aromatic N) is 4. The minimum Gasteiger partial charge on any atom is -0.459 e. The lowest BCUT2D eigenvalue weighted by molar-refractivity contribution is 0.392. The third kappa shape index (κ3) is 3.65. The van der Waals surface area contributed by atoms with Crippen molar-refractivity contribution in [1.82, 2.24) is 25.4 Å². The van der Waals surface area contributed by atoms with Gasteiger partial charge in [0, 0.05) is 30.0 Å². The summed E-state index contributed by atoms with van der Waals surface area (Å²) < 4.78 is 21.3. The summed E-state index contributed by atoms with van der Waals surface area (Å²) >= 11 is 0. The highest BCUT2D eigenvalue weighted by Crippen LogP contribution is 2.26. The lowest BCUT2D eigenvalue weighted by Crippen LogP contribution is -2.47. The van der Waals surface area contributed by atoms with E-state index < -0.39 is 0 Å². The summed E-state index contributed by atoms with van der Waals surface area (Å²) in [7, 11) is 0. The van der Waals surface area contributed by atoms with Gasteiger partial charge in [0.25, 0.3) is 0 Å². The molecule has 27 heavy (non-hydrogen) atoms. The number of aryl methyl sites for hydroxylation is 2. The number of fused-ring (bicyclic) bond motifs is 2. The van der Waals surface area contributed by atoms with Crippen LogP contribution in [0, 0.1) is 12.7 Å². The molecule has 3 aromatic rings. The van der Waals surface area contributed by atoms with Gasteiger partial charge in [-0.2, -0.15) is 5.10 Å². The molecule has 8 heteroatoms. The molecule has 0 amide bonds. The standard InChI is InChI=1S/C19H23FN6O/c1-3-21-19(25-14-5-7-18-23-11-24-26(18)10-14)22-9-17-12(2)15-8-13(20)4-6-16(15)27-17/h4,6,8,11,14H,3,5,7,9-10H2,1-2H3,(H2,21,22,25). The Morgan fingerprint density at radius 3 is 3.19 bits per heavy atom. The molecule has 1 aromatic carbocycles. The molecule has 0 aliphatic carbocycles. The maximum Gasteiger partial charge on any atom is 0.191 e. The first-order chi connectivity index (χ1) is 13.1. The van der Waals surface area contributed by atoms with E-state index in [0.29, 0.717) is 12.1 Å². The molecule has 0 bridgehead atoms. The van der Waals surface area contributed by atoms with Crippen molar-refractivity contribution < 1.29 is 8.81 Å². The number of furan rings is 1. The van der Waals surface area contributed by atoms with E-state index in [1.165, 1.54) is 12.1 Å². The third-order valence-corrected chi connectivity index (χ3v) is 4.87. The molecule has 1 aliphatic rings. The first-order valence-electron chi connectivity index (χ1n) is 9.23. The second kappa shape index (κ2) is 7.38. The quantitative estimate of drug-likeness (QED) is 0.545. The maximum atomic E-state index is 13.5. The summed E-state index contributed by atoms with van der Waals surface area (Å²) in [4.78, 5) is 8.92. The van der Waals surface area contributed by atoms with Crippen LogP contribution < -0.4 is 10.6 Å². The average Bonchev–Trinajstić information content (AvgIpc) is 3.24. The van der Waals surface area contributed by atoms with Gasteiger partial charge in [0.05, 0.1) is 6.54 Å². The molecule has 2 aromatic heterocycles. The number of aromatic nitrogens is 3. The van der Waals surface area contributed by atoms with E-state index in [4.69, 9.17) is 4.42 Å². The third-order valence-electron chi connectivity index (χ3n) is 4.87. The number of guanidine groups is 1. The lowest BCUT2D eigenvalue weighted by atomic mass is 10.1. The maximum absolute atomic E-state index is 13.5. The van der Waals surface area contributed by atoms with Gasteiger partial charge < -0.3 is 15.1 Å². The summed E-state index contributed by atoms with van der Waals surface area (Å²) in [5.41, 5.74) is 1.61. The Balaban J connectivity index is 1.49. The van der Waals surface area contributed by atoms with E-state index in [9.17, 15) is 4.39 Å². The van der Waals surface area contributed by atoms with Crippen molar-refractivity contribution in [3.8, 4) is 0 Å². The second-order valence-corrected chi connectivity index (χ2v) is 6.72. The Morgan fingerprint density at radius 2 is 2.33 bits per heavy atom. The Bertz CT molecular complexity index is 976. The molecule has 0 spiro atoms. The van der Waals surface area contributed by atoms with Crippen LogP contribution in [-0.2, 0) is 19.5 Å².